The molecule has 0 saturated carbocycles. The average Bonchev–Trinajstić information content (AvgIpc) is 2.48. The van der Waals surface area contributed by atoms with Gasteiger partial charge >= 0.3 is 0 Å². The third kappa shape index (κ3) is 4.20. The predicted octanol–water partition coefficient (Wildman–Crippen LogP) is 2.97. The molecule has 1 heterocycles. The molecule has 0 saturated heterocycles. The number of aryl methyl sites for hydroxylation is 1. The van der Waals surface area contributed by atoms with Crippen LogP contribution in [0.2, 0.25) is 5.02 Å². The standard InChI is InChI=1S/C15H13ClN4O/c1-10-5-6-13(12(16)7-10)20-15(21)9-18-14-4-2-3-11(8-17)19-14/h2-7H,9H2,1H3,(H,18,19)(H,20,21). The molecule has 0 atom stereocenters. The van der Waals surface area contributed by atoms with Gasteiger partial charge in [-0.2, -0.15) is 5.26 Å². The van der Waals surface area contributed by atoms with E-state index >= 15 is 0 Å². The van der Waals surface area contributed by atoms with Gasteiger partial charge in [-0.05, 0) is 36.8 Å². The lowest BCUT2D eigenvalue weighted by Gasteiger charge is -2.09. The van der Waals surface area contributed by atoms with Crippen LogP contribution in [-0.2, 0) is 4.79 Å². The molecule has 5 nitrogen and oxygen atoms in total. The Morgan fingerprint density at radius 2 is 2.19 bits per heavy atom. The van der Waals surface area contributed by atoms with Gasteiger partial charge in [0.2, 0.25) is 5.91 Å². The molecule has 6 heteroatoms. The van der Waals surface area contributed by atoms with Crippen LogP contribution in [0, 0.1) is 18.3 Å². The van der Waals surface area contributed by atoms with Crippen molar-refractivity contribution in [3.63, 3.8) is 0 Å². The maximum Gasteiger partial charge on any atom is 0.243 e. The minimum absolute atomic E-state index is 0.0338. The summed E-state index contributed by atoms with van der Waals surface area (Å²) >= 11 is 6.05. The molecule has 2 N–H and O–H groups in total. The van der Waals surface area contributed by atoms with Gasteiger partial charge in [-0.15, -0.1) is 0 Å². The maximum absolute atomic E-state index is 11.9. The lowest BCUT2D eigenvalue weighted by atomic mass is 10.2. The lowest BCUT2D eigenvalue weighted by Crippen LogP contribution is -2.22. The number of pyridine rings is 1. The zero-order valence-corrected chi connectivity index (χ0v) is 12.1. The van der Waals surface area contributed by atoms with Crippen molar-refractivity contribution in [3.05, 3.63) is 52.7 Å². The molecule has 1 amide bonds. The summed E-state index contributed by atoms with van der Waals surface area (Å²) in [5.74, 6) is 0.226. The van der Waals surface area contributed by atoms with E-state index in [1.165, 1.54) is 0 Å². The van der Waals surface area contributed by atoms with Crippen molar-refractivity contribution < 1.29 is 4.79 Å². The first-order chi connectivity index (χ1) is 10.1. The summed E-state index contributed by atoms with van der Waals surface area (Å²) in [5.41, 5.74) is 1.88. The van der Waals surface area contributed by atoms with E-state index < -0.39 is 0 Å². The van der Waals surface area contributed by atoms with Crippen LogP contribution in [0.25, 0.3) is 0 Å². The predicted molar refractivity (Wildman–Crippen MR) is 82.3 cm³/mol. The number of halogens is 1. The SMILES string of the molecule is Cc1ccc(NC(=O)CNc2cccc(C#N)n2)c(Cl)c1. The Morgan fingerprint density at radius 1 is 1.38 bits per heavy atom. The van der Waals surface area contributed by atoms with E-state index in [2.05, 4.69) is 15.6 Å². The first kappa shape index (κ1) is 14.8. The normalized spacial score (nSPS) is 9.76. The number of hydrogen-bond acceptors (Lipinski definition) is 4. The van der Waals surface area contributed by atoms with Crippen LogP contribution in [0.5, 0.6) is 0 Å². The Balaban J connectivity index is 1.94. The van der Waals surface area contributed by atoms with Crippen molar-refractivity contribution >= 4 is 29.0 Å². The molecule has 0 bridgehead atoms. The summed E-state index contributed by atoms with van der Waals surface area (Å²) in [7, 11) is 0. The van der Waals surface area contributed by atoms with E-state index in [4.69, 9.17) is 16.9 Å². The van der Waals surface area contributed by atoms with E-state index in [0.29, 0.717) is 22.2 Å². The van der Waals surface area contributed by atoms with E-state index in [1.807, 2.05) is 19.1 Å². The van der Waals surface area contributed by atoms with Gasteiger partial charge in [0, 0.05) is 0 Å². The van der Waals surface area contributed by atoms with Crippen LogP contribution >= 0.6 is 11.6 Å². The van der Waals surface area contributed by atoms with E-state index in [0.717, 1.165) is 5.56 Å². The Hall–Kier alpha value is -2.58. The number of hydrogen-bond donors (Lipinski definition) is 2. The molecule has 0 aliphatic heterocycles. The fraction of sp³-hybridized carbons (Fsp3) is 0.133. The van der Waals surface area contributed by atoms with Gasteiger partial charge in [-0.3, -0.25) is 4.79 Å². The van der Waals surface area contributed by atoms with Gasteiger partial charge in [-0.25, -0.2) is 4.98 Å². The quantitative estimate of drug-likeness (QED) is 0.910. The molecule has 1 aromatic heterocycles. The Labute approximate surface area is 127 Å². The Morgan fingerprint density at radius 3 is 2.90 bits per heavy atom. The van der Waals surface area contributed by atoms with Crippen molar-refractivity contribution in [2.75, 3.05) is 17.2 Å². The monoisotopic (exact) mass is 300 g/mol. The van der Waals surface area contributed by atoms with Crippen molar-refractivity contribution in [2.24, 2.45) is 0 Å². The smallest absolute Gasteiger partial charge is 0.243 e. The van der Waals surface area contributed by atoms with Gasteiger partial charge < -0.3 is 10.6 Å². The fourth-order valence-electron chi connectivity index (χ4n) is 1.68. The summed E-state index contributed by atoms with van der Waals surface area (Å²) in [5, 5.41) is 14.8. The molecule has 106 valence electrons. The first-order valence-corrected chi connectivity index (χ1v) is 6.63. The molecule has 0 fully saturated rings. The molecule has 2 rings (SSSR count). The molecule has 0 radical (unpaired) electrons. The molecule has 1 aromatic carbocycles. The number of amides is 1. The minimum Gasteiger partial charge on any atom is -0.361 e. The second-order valence-corrected chi connectivity index (χ2v) is 4.81. The Bertz CT molecular complexity index is 709. The molecule has 0 aliphatic carbocycles. The highest BCUT2D eigenvalue weighted by molar-refractivity contribution is 6.33. The van der Waals surface area contributed by atoms with Gasteiger partial charge in [0.25, 0.3) is 0 Å². The van der Waals surface area contributed by atoms with E-state index in [1.54, 1.807) is 30.3 Å². The molecule has 2 aromatic rings. The molecular formula is C15H13ClN4O. The Kier molecular flexibility index (Phi) is 4.75. The second-order valence-electron chi connectivity index (χ2n) is 4.40. The first-order valence-electron chi connectivity index (χ1n) is 6.25. The molecule has 0 spiro atoms. The van der Waals surface area contributed by atoms with Crippen LogP contribution in [0.15, 0.2) is 36.4 Å². The third-order valence-electron chi connectivity index (χ3n) is 2.69. The number of nitrogens with zero attached hydrogens (tertiary/aromatic N) is 2. The summed E-state index contributed by atoms with van der Waals surface area (Å²) in [6.45, 7) is 1.96. The number of anilines is 2. The third-order valence-corrected chi connectivity index (χ3v) is 3.01. The fourth-order valence-corrected chi connectivity index (χ4v) is 1.96. The number of aromatic nitrogens is 1. The van der Waals surface area contributed by atoms with Crippen LogP contribution in [-0.4, -0.2) is 17.4 Å². The van der Waals surface area contributed by atoms with Crippen LogP contribution in [0.3, 0.4) is 0 Å². The summed E-state index contributed by atoms with van der Waals surface area (Å²) in [4.78, 5) is 15.9. The highest BCUT2D eigenvalue weighted by atomic mass is 35.5. The number of nitriles is 1. The van der Waals surface area contributed by atoms with Crippen LogP contribution in [0.1, 0.15) is 11.3 Å². The van der Waals surface area contributed by atoms with Gasteiger partial charge in [0.05, 0.1) is 17.3 Å². The zero-order valence-electron chi connectivity index (χ0n) is 11.4. The largest absolute Gasteiger partial charge is 0.361 e. The average molecular weight is 301 g/mol. The van der Waals surface area contributed by atoms with Gasteiger partial charge in [0.15, 0.2) is 0 Å². The highest BCUT2D eigenvalue weighted by Gasteiger charge is 2.06. The number of carbonyl (C=O) groups is 1. The van der Waals surface area contributed by atoms with Crippen molar-refractivity contribution in [1.29, 1.82) is 5.26 Å². The number of rotatable bonds is 4. The van der Waals surface area contributed by atoms with Crippen LogP contribution in [0.4, 0.5) is 11.5 Å². The summed E-state index contributed by atoms with van der Waals surface area (Å²) in [6, 6.07) is 12.3. The lowest BCUT2D eigenvalue weighted by molar-refractivity contribution is -0.114. The number of nitrogens with one attached hydrogen (secondary N) is 2. The number of benzene rings is 1. The molecule has 21 heavy (non-hydrogen) atoms. The molecule has 0 aliphatic rings. The van der Waals surface area contributed by atoms with Crippen LogP contribution < -0.4 is 10.6 Å². The maximum atomic E-state index is 11.9. The van der Waals surface area contributed by atoms with Crippen molar-refractivity contribution in [1.82, 2.24) is 4.98 Å². The van der Waals surface area contributed by atoms with Gasteiger partial charge in [-0.1, -0.05) is 23.7 Å². The van der Waals surface area contributed by atoms with E-state index in [-0.39, 0.29) is 12.5 Å². The van der Waals surface area contributed by atoms with Gasteiger partial charge in [0.1, 0.15) is 17.6 Å². The topological polar surface area (TPSA) is 77.8 Å². The molecule has 0 unspecified atom stereocenters. The molecular weight excluding hydrogens is 288 g/mol. The number of carbonyl (C=O) groups excluding carboxylic acids is 1. The summed E-state index contributed by atoms with van der Waals surface area (Å²) < 4.78 is 0. The zero-order chi connectivity index (χ0) is 15.2. The highest BCUT2D eigenvalue weighted by Crippen LogP contribution is 2.22. The minimum atomic E-state index is -0.245. The summed E-state index contributed by atoms with van der Waals surface area (Å²) in [6.07, 6.45) is 0. The van der Waals surface area contributed by atoms with E-state index in [9.17, 15) is 4.79 Å². The van der Waals surface area contributed by atoms with Crippen molar-refractivity contribution in [3.8, 4) is 6.07 Å². The second kappa shape index (κ2) is 6.73. The van der Waals surface area contributed by atoms with Crippen molar-refractivity contribution in [2.45, 2.75) is 6.92 Å².